The number of H-pyrrole nitrogens is 1. The summed E-state index contributed by atoms with van der Waals surface area (Å²) in [7, 11) is 0. The lowest BCUT2D eigenvalue weighted by molar-refractivity contribution is -0.142. The van der Waals surface area contributed by atoms with E-state index in [0.717, 1.165) is 16.8 Å². The summed E-state index contributed by atoms with van der Waals surface area (Å²) < 4.78 is 5.65. The van der Waals surface area contributed by atoms with Crippen molar-refractivity contribution in [3.8, 4) is 17.0 Å². The molecule has 0 fully saturated rings. The number of carbonyl (C=O) groups excluding carboxylic acids is 1. The van der Waals surface area contributed by atoms with Crippen LogP contribution in [0.1, 0.15) is 30.7 Å². The molecule has 1 amide bonds. The summed E-state index contributed by atoms with van der Waals surface area (Å²) in [5, 5.41) is 19.8. The molecule has 0 saturated carbocycles. The number of rotatable bonds is 7. The molecule has 0 aliphatic rings. The van der Waals surface area contributed by atoms with Crippen LogP contribution < -0.4 is 10.1 Å². The first-order chi connectivity index (χ1) is 15.0. The zero-order chi connectivity index (χ0) is 23.6. The minimum Gasteiger partial charge on any atom is -0.481 e. The van der Waals surface area contributed by atoms with Gasteiger partial charge in [0.1, 0.15) is 0 Å². The van der Waals surface area contributed by atoms with Crippen LogP contribution in [-0.2, 0) is 15.0 Å². The Bertz CT molecular complexity index is 1190. The molecular formula is C23H23Cl2N3O4. The maximum absolute atomic E-state index is 12.4. The van der Waals surface area contributed by atoms with Gasteiger partial charge in [0, 0.05) is 16.3 Å². The summed E-state index contributed by atoms with van der Waals surface area (Å²) >= 11 is 12.6. The monoisotopic (exact) mass is 475 g/mol. The highest BCUT2D eigenvalue weighted by Gasteiger charge is 2.30. The number of nitrogens with zero attached hydrogens (tertiary/aromatic N) is 1. The summed E-state index contributed by atoms with van der Waals surface area (Å²) in [5.74, 6) is -1.16. The van der Waals surface area contributed by atoms with E-state index in [-0.39, 0.29) is 17.5 Å². The van der Waals surface area contributed by atoms with E-state index in [9.17, 15) is 14.7 Å². The standard InChI is InChI=1S/C23H23Cl2N3O4/c1-12-5-7-15(16(24)9-12)20-13(2)27-28-21(20)32-11-19(29)26-18-8-6-14(10-17(18)25)23(3,4)22(30)31/h5-10H,11H2,1-4H3,(H,26,29)(H,27,28)(H,30,31). The Morgan fingerprint density at radius 2 is 1.84 bits per heavy atom. The molecule has 1 aromatic heterocycles. The van der Waals surface area contributed by atoms with E-state index >= 15 is 0 Å². The van der Waals surface area contributed by atoms with Gasteiger partial charge in [0.25, 0.3) is 5.91 Å². The number of halogens is 2. The number of carboxylic acid groups (broad SMARTS) is 1. The molecule has 0 saturated heterocycles. The van der Waals surface area contributed by atoms with Gasteiger partial charge in [0.05, 0.1) is 21.7 Å². The molecular weight excluding hydrogens is 453 g/mol. The number of anilines is 1. The normalized spacial score (nSPS) is 11.3. The number of nitrogens with one attached hydrogen (secondary N) is 2. The first-order valence-corrected chi connectivity index (χ1v) is 10.5. The maximum atomic E-state index is 12.4. The first-order valence-electron chi connectivity index (χ1n) is 9.78. The zero-order valence-corrected chi connectivity index (χ0v) is 19.6. The van der Waals surface area contributed by atoms with Gasteiger partial charge in [-0.1, -0.05) is 41.4 Å². The van der Waals surface area contributed by atoms with Crippen LogP contribution in [0.2, 0.25) is 10.0 Å². The molecule has 0 spiro atoms. The van der Waals surface area contributed by atoms with Crippen molar-refractivity contribution in [1.29, 1.82) is 0 Å². The first kappa shape index (κ1) is 23.6. The van der Waals surface area contributed by atoms with E-state index in [1.807, 2.05) is 32.0 Å². The molecule has 3 N–H and O–H groups in total. The van der Waals surface area contributed by atoms with Gasteiger partial charge in [-0.15, -0.1) is 5.10 Å². The number of hydrogen-bond acceptors (Lipinski definition) is 4. The molecule has 0 aliphatic carbocycles. The molecule has 168 valence electrons. The molecule has 9 heteroatoms. The summed E-state index contributed by atoms with van der Waals surface area (Å²) in [6.07, 6.45) is 0. The van der Waals surface area contributed by atoms with Crippen molar-refractivity contribution in [3.63, 3.8) is 0 Å². The van der Waals surface area contributed by atoms with Crippen LogP contribution in [0.4, 0.5) is 5.69 Å². The fourth-order valence-electron chi connectivity index (χ4n) is 3.10. The highest BCUT2D eigenvalue weighted by atomic mass is 35.5. The van der Waals surface area contributed by atoms with Crippen molar-refractivity contribution in [2.45, 2.75) is 33.1 Å². The quantitative estimate of drug-likeness (QED) is 0.425. The van der Waals surface area contributed by atoms with E-state index in [1.165, 1.54) is 6.07 Å². The highest BCUT2D eigenvalue weighted by Crippen LogP contribution is 2.36. The average molecular weight is 476 g/mol. The van der Waals surface area contributed by atoms with Gasteiger partial charge in [-0.25, -0.2) is 0 Å². The number of hydrogen-bond donors (Lipinski definition) is 3. The second-order valence-electron chi connectivity index (χ2n) is 7.97. The largest absolute Gasteiger partial charge is 0.481 e. The van der Waals surface area contributed by atoms with Gasteiger partial charge < -0.3 is 15.2 Å². The summed E-state index contributed by atoms with van der Waals surface area (Å²) in [4.78, 5) is 23.9. The molecule has 2 aromatic carbocycles. The average Bonchev–Trinajstić information content (AvgIpc) is 3.08. The van der Waals surface area contributed by atoms with Gasteiger partial charge in [-0.05, 0) is 57.0 Å². The molecule has 3 rings (SSSR count). The van der Waals surface area contributed by atoms with Crippen LogP contribution in [0.5, 0.6) is 5.88 Å². The third-order valence-electron chi connectivity index (χ3n) is 5.15. The van der Waals surface area contributed by atoms with Crippen molar-refractivity contribution in [2.24, 2.45) is 0 Å². The number of aromatic amines is 1. The minimum atomic E-state index is -1.11. The van der Waals surface area contributed by atoms with Gasteiger partial charge >= 0.3 is 5.97 Å². The number of aryl methyl sites for hydroxylation is 2. The summed E-state index contributed by atoms with van der Waals surface area (Å²) in [6.45, 7) is 6.64. The molecule has 0 bridgehead atoms. The maximum Gasteiger partial charge on any atom is 0.313 e. The van der Waals surface area contributed by atoms with Crippen LogP contribution in [0, 0.1) is 13.8 Å². The summed E-state index contributed by atoms with van der Waals surface area (Å²) in [6, 6.07) is 10.4. The van der Waals surface area contributed by atoms with E-state index < -0.39 is 17.3 Å². The number of benzene rings is 2. The van der Waals surface area contributed by atoms with Crippen LogP contribution >= 0.6 is 23.2 Å². The Morgan fingerprint density at radius 1 is 1.12 bits per heavy atom. The van der Waals surface area contributed by atoms with E-state index in [4.69, 9.17) is 27.9 Å². The third kappa shape index (κ3) is 4.89. The molecule has 7 nitrogen and oxygen atoms in total. The SMILES string of the molecule is Cc1ccc(-c2c(OCC(=O)Nc3ccc(C(C)(C)C(=O)O)cc3Cl)n[nH]c2C)c(Cl)c1. The molecule has 0 unspecified atom stereocenters. The molecule has 0 radical (unpaired) electrons. The Balaban J connectivity index is 1.72. The lowest BCUT2D eigenvalue weighted by atomic mass is 9.85. The van der Waals surface area contributed by atoms with E-state index in [1.54, 1.807) is 26.0 Å². The lowest BCUT2D eigenvalue weighted by Gasteiger charge is -2.20. The van der Waals surface area contributed by atoms with Crippen molar-refractivity contribution in [1.82, 2.24) is 10.2 Å². The molecule has 3 aromatic rings. The smallest absolute Gasteiger partial charge is 0.313 e. The van der Waals surface area contributed by atoms with E-state index in [0.29, 0.717) is 21.8 Å². The van der Waals surface area contributed by atoms with Crippen molar-refractivity contribution < 1.29 is 19.4 Å². The Kier molecular flexibility index (Phi) is 6.81. The van der Waals surface area contributed by atoms with E-state index in [2.05, 4.69) is 15.5 Å². The van der Waals surface area contributed by atoms with Gasteiger partial charge in [0.15, 0.2) is 6.61 Å². The molecule has 0 aliphatic heterocycles. The number of aromatic nitrogens is 2. The van der Waals surface area contributed by atoms with Crippen molar-refractivity contribution in [3.05, 3.63) is 63.3 Å². The van der Waals surface area contributed by atoms with Gasteiger partial charge in [0.2, 0.25) is 5.88 Å². The van der Waals surface area contributed by atoms with Crippen molar-refractivity contribution >= 4 is 40.8 Å². The Labute approximate surface area is 195 Å². The van der Waals surface area contributed by atoms with Crippen LogP contribution in [-0.4, -0.2) is 33.8 Å². The predicted molar refractivity (Wildman–Crippen MR) is 125 cm³/mol. The summed E-state index contributed by atoms with van der Waals surface area (Å²) in [5.41, 5.74) is 2.98. The second-order valence-corrected chi connectivity index (χ2v) is 8.79. The number of carbonyl (C=O) groups is 2. The Morgan fingerprint density at radius 3 is 2.47 bits per heavy atom. The van der Waals surface area contributed by atoms with Crippen LogP contribution in [0.3, 0.4) is 0 Å². The second kappa shape index (κ2) is 9.22. The zero-order valence-electron chi connectivity index (χ0n) is 18.0. The fourth-order valence-corrected chi connectivity index (χ4v) is 3.66. The number of amides is 1. The minimum absolute atomic E-state index is 0.230. The Hall–Kier alpha value is -3.03. The van der Waals surface area contributed by atoms with Crippen molar-refractivity contribution in [2.75, 3.05) is 11.9 Å². The number of aliphatic carboxylic acids is 1. The third-order valence-corrected chi connectivity index (χ3v) is 5.77. The predicted octanol–water partition coefficient (Wildman–Crippen LogP) is 5.38. The molecule has 0 atom stereocenters. The molecule has 1 heterocycles. The lowest BCUT2D eigenvalue weighted by Crippen LogP contribution is -2.28. The highest BCUT2D eigenvalue weighted by molar-refractivity contribution is 6.34. The van der Waals surface area contributed by atoms with Gasteiger partial charge in [-0.3, -0.25) is 14.7 Å². The van der Waals surface area contributed by atoms with Crippen LogP contribution in [0.25, 0.3) is 11.1 Å². The number of carboxylic acids is 1. The number of ether oxygens (including phenoxy) is 1. The topological polar surface area (TPSA) is 104 Å². The van der Waals surface area contributed by atoms with Gasteiger partial charge in [-0.2, -0.15) is 0 Å². The fraction of sp³-hybridized carbons (Fsp3) is 0.261. The van der Waals surface area contributed by atoms with Crippen LogP contribution in [0.15, 0.2) is 36.4 Å². The molecule has 32 heavy (non-hydrogen) atoms.